The van der Waals surface area contributed by atoms with Crippen LogP contribution in [0.3, 0.4) is 0 Å². The first-order valence-corrected chi connectivity index (χ1v) is 11.3. The lowest BCUT2D eigenvalue weighted by molar-refractivity contribution is 0.0342. The molecule has 1 saturated heterocycles. The van der Waals surface area contributed by atoms with Gasteiger partial charge < -0.3 is 19.8 Å². The highest BCUT2D eigenvalue weighted by Gasteiger charge is 2.16. The molecule has 34 heavy (non-hydrogen) atoms. The Morgan fingerprint density at radius 2 is 1.94 bits per heavy atom. The quantitative estimate of drug-likeness (QED) is 0.442. The summed E-state index contributed by atoms with van der Waals surface area (Å²) >= 11 is 0. The number of carbonyl (C=O) groups is 1. The van der Waals surface area contributed by atoms with Crippen LogP contribution in [-0.4, -0.2) is 59.2 Å². The van der Waals surface area contributed by atoms with Crippen LogP contribution in [0.25, 0.3) is 22.6 Å². The molecule has 2 N–H and O–H groups in total. The average Bonchev–Trinajstić information content (AvgIpc) is 3.33. The molecule has 0 unspecified atom stereocenters. The van der Waals surface area contributed by atoms with Crippen molar-refractivity contribution in [2.24, 2.45) is 0 Å². The number of aromatic nitrogens is 3. The summed E-state index contributed by atoms with van der Waals surface area (Å²) in [5.41, 5.74) is 4.81. The number of amides is 1. The fourth-order valence-corrected chi connectivity index (χ4v) is 4.08. The zero-order valence-corrected chi connectivity index (χ0v) is 19.1. The highest BCUT2D eigenvalue weighted by Crippen LogP contribution is 2.23. The summed E-state index contributed by atoms with van der Waals surface area (Å²) in [7, 11) is 1.62. The van der Waals surface area contributed by atoms with Crippen molar-refractivity contribution in [1.82, 2.24) is 25.2 Å². The van der Waals surface area contributed by atoms with Crippen molar-refractivity contribution in [3.05, 3.63) is 77.5 Å². The minimum atomic E-state index is -0.189. The molecule has 3 heterocycles. The Balaban J connectivity index is 1.31. The molecule has 0 spiro atoms. The van der Waals surface area contributed by atoms with E-state index in [0.29, 0.717) is 29.1 Å². The maximum Gasteiger partial charge on any atom is 0.253 e. The molecule has 5 rings (SSSR count). The summed E-state index contributed by atoms with van der Waals surface area (Å²) in [6.45, 7) is 4.80. The minimum absolute atomic E-state index is 0.189. The Labute approximate surface area is 197 Å². The summed E-state index contributed by atoms with van der Waals surface area (Å²) in [5, 5.41) is 2.97. The van der Waals surface area contributed by atoms with E-state index in [2.05, 4.69) is 49.4 Å². The van der Waals surface area contributed by atoms with Gasteiger partial charge in [-0.15, -0.1) is 0 Å². The van der Waals surface area contributed by atoms with Crippen molar-refractivity contribution >= 4 is 17.1 Å². The van der Waals surface area contributed by atoms with Crippen LogP contribution in [0.4, 0.5) is 0 Å². The maximum absolute atomic E-state index is 12.9. The van der Waals surface area contributed by atoms with Crippen molar-refractivity contribution in [1.29, 1.82) is 0 Å². The van der Waals surface area contributed by atoms with Crippen molar-refractivity contribution in [3.63, 3.8) is 0 Å². The fraction of sp³-hybridized carbons (Fsp3) is 0.269. The summed E-state index contributed by atoms with van der Waals surface area (Å²) in [6.07, 6.45) is 1.61. The number of nitrogens with zero attached hydrogens (tertiary/aromatic N) is 3. The first-order valence-electron chi connectivity index (χ1n) is 11.3. The predicted octanol–water partition coefficient (Wildman–Crippen LogP) is 3.40. The lowest BCUT2D eigenvalue weighted by Gasteiger charge is -2.26. The van der Waals surface area contributed by atoms with Crippen LogP contribution >= 0.6 is 0 Å². The third kappa shape index (κ3) is 4.93. The van der Waals surface area contributed by atoms with Crippen LogP contribution in [0.1, 0.15) is 21.5 Å². The zero-order chi connectivity index (χ0) is 23.3. The Kier molecular flexibility index (Phi) is 6.51. The summed E-state index contributed by atoms with van der Waals surface area (Å²) in [4.78, 5) is 27.6. The topological polar surface area (TPSA) is 92.4 Å². The number of methoxy groups -OCH3 is 1. The van der Waals surface area contributed by atoms with Gasteiger partial charge in [-0.1, -0.05) is 36.4 Å². The third-order valence-electron chi connectivity index (χ3n) is 5.96. The van der Waals surface area contributed by atoms with Gasteiger partial charge >= 0.3 is 0 Å². The molecule has 1 fully saturated rings. The summed E-state index contributed by atoms with van der Waals surface area (Å²) in [5.74, 6) is 1.26. The van der Waals surface area contributed by atoms with Gasteiger partial charge in [0, 0.05) is 37.9 Å². The van der Waals surface area contributed by atoms with Crippen molar-refractivity contribution in [2.75, 3.05) is 33.4 Å². The number of benzene rings is 2. The van der Waals surface area contributed by atoms with Gasteiger partial charge in [0.1, 0.15) is 11.6 Å². The lowest BCUT2D eigenvalue weighted by Crippen LogP contribution is -2.35. The number of imidazole rings is 1. The van der Waals surface area contributed by atoms with Gasteiger partial charge in [0.05, 0.1) is 31.4 Å². The van der Waals surface area contributed by atoms with E-state index in [1.165, 1.54) is 5.56 Å². The molecule has 8 nitrogen and oxygen atoms in total. The van der Waals surface area contributed by atoms with E-state index in [4.69, 9.17) is 9.47 Å². The molecule has 0 aliphatic carbocycles. The van der Waals surface area contributed by atoms with E-state index in [1.807, 2.05) is 24.3 Å². The molecule has 1 amide bonds. The Hall–Kier alpha value is -3.75. The second-order valence-corrected chi connectivity index (χ2v) is 8.26. The van der Waals surface area contributed by atoms with Gasteiger partial charge in [-0.25, -0.2) is 9.97 Å². The Morgan fingerprint density at radius 1 is 1.12 bits per heavy atom. The number of ether oxygens (including phenoxy) is 2. The van der Waals surface area contributed by atoms with E-state index in [0.717, 1.165) is 49.7 Å². The third-order valence-corrected chi connectivity index (χ3v) is 5.96. The second kappa shape index (κ2) is 10.0. The molecule has 0 radical (unpaired) electrons. The molecule has 174 valence electrons. The number of morpholine rings is 1. The molecule has 2 aromatic heterocycles. The normalized spacial score (nSPS) is 14.3. The van der Waals surface area contributed by atoms with Crippen LogP contribution in [-0.2, 0) is 17.8 Å². The maximum atomic E-state index is 12.9. The van der Waals surface area contributed by atoms with Gasteiger partial charge in [-0.2, -0.15) is 0 Å². The number of hydrogen-bond donors (Lipinski definition) is 2. The van der Waals surface area contributed by atoms with Gasteiger partial charge in [0.25, 0.3) is 5.91 Å². The van der Waals surface area contributed by atoms with E-state index < -0.39 is 0 Å². The molecule has 1 aliphatic rings. The standard InChI is InChI=1S/C26H27N5O3/c1-33-21-4-2-3-19(15-21)16-28-26(32)22-9-10-27-25-23(22)29-24(30-25)20-7-5-18(6-8-20)17-31-11-13-34-14-12-31/h2-10,15H,11-14,16-17H2,1H3,(H,28,32)(H,27,29,30). The van der Waals surface area contributed by atoms with Crippen molar-refractivity contribution in [2.45, 2.75) is 13.1 Å². The number of aromatic amines is 1. The highest BCUT2D eigenvalue weighted by molar-refractivity contribution is 6.04. The lowest BCUT2D eigenvalue weighted by atomic mass is 10.1. The van der Waals surface area contributed by atoms with Crippen LogP contribution in [0.2, 0.25) is 0 Å². The number of hydrogen-bond acceptors (Lipinski definition) is 6. The molecule has 8 heteroatoms. The average molecular weight is 458 g/mol. The Bertz CT molecular complexity index is 1280. The molecule has 2 aromatic carbocycles. The van der Waals surface area contributed by atoms with E-state index in [1.54, 1.807) is 19.4 Å². The van der Waals surface area contributed by atoms with Crippen molar-refractivity contribution in [3.8, 4) is 17.1 Å². The second-order valence-electron chi connectivity index (χ2n) is 8.26. The molecular weight excluding hydrogens is 430 g/mol. The molecule has 1 aliphatic heterocycles. The van der Waals surface area contributed by atoms with Crippen LogP contribution < -0.4 is 10.1 Å². The van der Waals surface area contributed by atoms with E-state index in [-0.39, 0.29) is 5.91 Å². The fourth-order valence-electron chi connectivity index (χ4n) is 4.08. The van der Waals surface area contributed by atoms with Crippen molar-refractivity contribution < 1.29 is 14.3 Å². The predicted molar refractivity (Wildman–Crippen MR) is 130 cm³/mol. The first kappa shape index (κ1) is 22.1. The molecular formula is C26H27N5O3. The number of H-pyrrole nitrogens is 1. The number of carbonyl (C=O) groups excluding carboxylic acids is 1. The van der Waals surface area contributed by atoms with E-state index >= 15 is 0 Å². The van der Waals surface area contributed by atoms with E-state index in [9.17, 15) is 4.79 Å². The number of nitrogens with one attached hydrogen (secondary N) is 2. The number of rotatable bonds is 7. The first-order chi connectivity index (χ1) is 16.7. The molecule has 4 aromatic rings. The number of fused-ring (bicyclic) bond motifs is 1. The van der Waals surface area contributed by atoms with Crippen LogP contribution in [0.15, 0.2) is 60.8 Å². The zero-order valence-electron chi connectivity index (χ0n) is 19.1. The molecule has 0 atom stereocenters. The van der Waals surface area contributed by atoms with Gasteiger partial charge in [-0.05, 0) is 29.3 Å². The minimum Gasteiger partial charge on any atom is -0.497 e. The van der Waals surface area contributed by atoms with Gasteiger partial charge in [0.15, 0.2) is 5.65 Å². The monoisotopic (exact) mass is 457 g/mol. The largest absolute Gasteiger partial charge is 0.497 e. The number of pyridine rings is 1. The van der Waals surface area contributed by atoms with Gasteiger partial charge in [-0.3, -0.25) is 9.69 Å². The highest BCUT2D eigenvalue weighted by atomic mass is 16.5. The molecule has 0 saturated carbocycles. The van der Waals surface area contributed by atoms with Crippen LogP contribution in [0.5, 0.6) is 5.75 Å². The smallest absolute Gasteiger partial charge is 0.253 e. The van der Waals surface area contributed by atoms with Crippen LogP contribution in [0, 0.1) is 0 Å². The Morgan fingerprint density at radius 3 is 2.74 bits per heavy atom. The molecule has 0 bridgehead atoms. The summed E-state index contributed by atoms with van der Waals surface area (Å²) in [6, 6.07) is 17.7. The van der Waals surface area contributed by atoms with Gasteiger partial charge in [0.2, 0.25) is 0 Å². The summed E-state index contributed by atoms with van der Waals surface area (Å²) < 4.78 is 10.7. The SMILES string of the molecule is COc1cccc(CNC(=O)c2ccnc3nc(-c4ccc(CN5CCOCC5)cc4)[nH]c23)c1.